The quantitative estimate of drug-likeness (QED) is 0.589. The Morgan fingerprint density at radius 3 is 2.15 bits per heavy atom. The van der Waals surface area contributed by atoms with E-state index in [1.807, 2.05) is 12.1 Å². The Morgan fingerprint density at radius 1 is 0.885 bits per heavy atom. The molecule has 0 unspecified atom stereocenters. The van der Waals surface area contributed by atoms with Crippen LogP contribution in [0.5, 0.6) is 17.2 Å². The molecule has 0 aliphatic carbocycles. The second-order valence-corrected chi connectivity index (χ2v) is 5.79. The number of methoxy groups -OCH3 is 3. The number of guanidine groups is 1. The summed E-state index contributed by atoms with van der Waals surface area (Å²) in [6.45, 7) is 3.32. The van der Waals surface area contributed by atoms with E-state index in [1.54, 1.807) is 28.4 Å². The highest BCUT2D eigenvalue weighted by molar-refractivity contribution is 5.79. The van der Waals surface area contributed by atoms with Gasteiger partial charge in [-0.3, -0.25) is 4.99 Å². The first kappa shape index (κ1) is 19.4. The molecule has 2 rings (SSSR count). The standard InChI is InChI=1S/C20H27N3O3/c1-14-7-6-8-15(9-14)12-22-20(21-2)23-13-16-10-18(25-4)19(26-5)11-17(16)24-3/h6-11H,12-13H2,1-5H3,(H2,21,22,23). The summed E-state index contributed by atoms with van der Waals surface area (Å²) in [4.78, 5) is 4.27. The van der Waals surface area contributed by atoms with Gasteiger partial charge in [0.25, 0.3) is 0 Å². The minimum absolute atomic E-state index is 0.539. The van der Waals surface area contributed by atoms with Gasteiger partial charge in [0.1, 0.15) is 5.75 Å². The summed E-state index contributed by atoms with van der Waals surface area (Å²) in [5.74, 6) is 2.73. The largest absolute Gasteiger partial charge is 0.496 e. The smallest absolute Gasteiger partial charge is 0.191 e. The maximum atomic E-state index is 5.46. The van der Waals surface area contributed by atoms with E-state index >= 15 is 0 Å². The van der Waals surface area contributed by atoms with Crippen LogP contribution >= 0.6 is 0 Å². The van der Waals surface area contributed by atoms with Crippen LogP contribution in [0.3, 0.4) is 0 Å². The molecule has 0 spiro atoms. The maximum Gasteiger partial charge on any atom is 0.191 e. The molecule has 0 fully saturated rings. The lowest BCUT2D eigenvalue weighted by atomic mass is 10.1. The molecule has 0 atom stereocenters. The Morgan fingerprint density at radius 2 is 1.54 bits per heavy atom. The molecule has 0 aliphatic heterocycles. The van der Waals surface area contributed by atoms with Gasteiger partial charge in [0.2, 0.25) is 0 Å². The first-order chi connectivity index (χ1) is 12.6. The lowest BCUT2D eigenvalue weighted by Gasteiger charge is -2.16. The summed E-state index contributed by atoms with van der Waals surface area (Å²) in [6, 6.07) is 12.1. The fourth-order valence-electron chi connectivity index (χ4n) is 2.64. The van der Waals surface area contributed by atoms with Gasteiger partial charge in [-0.2, -0.15) is 0 Å². The van der Waals surface area contributed by atoms with Crippen molar-refractivity contribution < 1.29 is 14.2 Å². The molecule has 0 aliphatic rings. The van der Waals surface area contributed by atoms with Gasteiger partial charge in [0, 0.05) is 31.8 Å². The number of nitrogens with one attached hydrogen (secondary N) is 2. The number of benzene rings is 2. The SMILES string of the molecule is CN=C(NCc1cccc(C)c1)NCc1cc(OC)c(OC)cc1OC. The minimum Gasteiger partial charge on any atom is -0.496 e. The molecular formula is C20H27N3O3. The monoisotopic (exact) mass is 357 g/mol. The maximum absolute atomic E-state index is 5.46. The third-order valence-electron chi connectivity index (χ3n) is 4.00. The van der Waals surface area contributed by atoms with Crippen LogP contribution in [0.2, 0.25) is 0 Å². The molecule has 0 saturated carbocycles. The Balaban J connectivity index is 2.03. The summed E-state index contributed by atoms with van der Waals surface area (Å²) in [5.41, 5.74) is 3.39. The molecule has 0 radical (unpaired) electrons. The Bertz CT molecular complexity index is 760. The van der Waals surface area contributed by atoms with Gasteiger partial charge in [-0.25, -0.2) is 0 Å². The molecule has 26 heavy (non-hydrogen) atoms. The number of aliphatic imine (C=N–C) groups is 1. The molecular weight excluding hydrogens is 330 g/mol. The zero-order valence-electron chi connectivity index (χ0n) is 16.1. The molecule has 0 saturated heterocycles. The fourth-order valence-corrected chi connectivity index (χ4v) is 2.64. The number of ether oxygens (including phenoxy) is 3. The predicted octanol–water partition coefficient (Wildman–Crippen LogP) is 2.89. The lowest BCUT2D eigenvalue weighted by molar-refractivity contribution is 0.347. The van der Waals surface area contributed by atoms with E-state index in [-0.39, 0.29) is 0 Å². The summed E-state index contributed by atoms with van der Waals surface area (Å²) in [7, 11) is 6.60. The third kappa shape index (κ3) is 5.05. The Labute approximate surface area is 155 Å². The van der Waals surface area contributed by atoms with Gasteiger partial charge in [0.05, 0.1) is 21.3 Å². The van der Waals surface area contributed by atoms with Crippen LogP contribution in [-0.2, 0) is 13.1 Å². The van der Waals surface area contributed by atoms with Crippen molar-refractivity contribution >= 4 is 5.96 Å². The molecule has 6 heteroatoms. The molecule has 0 heterocycles. The van der Waals surface area contributed by atoms with E-state index in [1.165, 1.54) is 11.1 Å². The van der Waals surface area contributed by atoms with Crippen molar-refractivity contribution in [2.45, 2.75) is 20.0 Å². The molecule has 0 aromatic heterocycles. The lowest BCUT2D eigenvalue weighted by Crippen LogP contribution is -2.36. The topological polar surface area (TPSA) is 64.1 Å². The van der Waals surface area contributed by atoms with Crippen molar-refractivity contribution in [1.29, 1.82) is 0 Å². The summed E-state index contributed by atoms with van der Waals surface area (Å²) in [5, 5.41) is 6.61. The number of hydrogen-bond acceptors (Lipinski definition) is 4. The van der Waals surface area contributed by atoms with Crippen molar-refractivity contribution in [1.82, 2.24) is 10.6 Å². The zero-order valence-corrected chi connectivity index (χ0v) is 16.1. The molecule has 2 aromatic rings. The number of aryl methyl sites for hydroxylation is 1. The Kier molecular flexibility index (Phi) is 7.14. The van der Waals surface area contributed by atoms with Crippen LogP contribution in [0.25, 0.3) is 0 Å². The highest BCUT2D eigenvalue weighted by atomic mass is 16.5. The van der Waals surface area contributed by atoms with Crippen LogP contribution < -0.4 is 24.8 Å². The van der Waals surface area contributed by atoms with E-state index in [4.69, 9.17) is 14.2 Å². The number of rotatable bonds is 7. The van der Waals surface area contributed by atoms with Crippen molar-refractivity contribution in [3.05, 3.63) is 53.1 Å². The van der Waals surface area contributed by atoms with E-state index in [9.17, 15) is 0 Å². The van der Waals surface area contributed by atoms with Crippen molar-refractivity contribution in [2.24, 2.45) is 4.99 Å². The molecule has 6 nitrogen and oxygen atoms in total. The first-order valence-electron chi connectivity index (χ1n) is 8.40. The second kappa shape index (κ2) is 9.56. The summed E-state index contributed by atoms with van der Waals surface area (Å²) < 4.78 is 16.1. The van der Waals surface area contributed by atoms with Gasteiger partial charge in [-0.05, 0) is 18.6 Å². The van der Waals surface area contributed by atoms with Crippen LogP contribution in [0, 0.1) is 6.92 Å². The zero-order chi connectivity index (χ0) is 18.9. The van der Waals surface area contributed by atoms with Crippen molar-refractivity contribution in [3.63, 3.8) is 0 Å². The second-order valence-electron chi connectivity index (χ2n) is 5.79. The van der Waals surface area contributed by atoms with Crippen LogP contribution in [0.15, 0.2) is 41.4 Å². The molecule has 140 valence electrons. The van der Waals surface area contributed by atoms with Gasteiger partial charge in [0.15, 0.2) is 17.5 Å². The number of hydrogen-bond donors (Lipinski definition) is 2. The average Bonchev–Trinajstić information content (AvgIpc) is 2.67. The third-order valence-corrected chi connectivity index (χ3v) is 4.00. The normalized spacial score (nSPS) is 11.0. The van der Waals surface area contributed by atoms with Gasteiger partial charge >= 0.3 is 0 Å². The van der Waals surface area contributed by atoms with E-state index in [0.29, 0.717) is 30.5 Å². The van der Waals surface area contributed by atoms with Gasteiger partial charge < -0.3 is 24.8 Å². The van der Waals surface area contributed by atoms with Crippen LogP contribution in [0.4, 0.5) is 0 Å². The fraction of sp³-hybridized carbons (Fsp3) is 0.350. The average molecular weight is 357 g/mol. The highest BCUT2D eigenvalue weighted by Gasteiger charge is 2.12. The van der Waals surface area contributed by atoms with Crippen LogP contribution in [-0.4, -0.2) is 34.3 Å². The highest BCUT2D eigenvalue weighted by Crippen LogP contribution is 2.34. The predicted molar refractivity (Wildman–Crippen MR) is 104 cm³/mol. The van der Waals surface area contributed by atoms with Crippen molar-refractivity contribution in [3.8, 4) is 17.2 Å². The molecule has 2 aromatic carbocycles. The first-order valence-corrected chi connectivity index (χ1v) is 8.40. The van der Waals surface area contributed by atoms with E-state index < -0.39 is 0 Å². The van der Waals surface area contributed by atoms with E-state index in [2.05, 4.69) is 46.8 Å². The van der Waals surface area contributed by atoms with Gasteiger partial charge in [-0.1, -0.05) is 29.8 Å². The molecule has 0 bridgehead atoms. The Hall–Kier alpha value is -2.89. The summed E-state index contributed by atoms with van der Waals surface area (Å²) >= 11 is 0. The van der Waals surface area contributed by atoms with Gasteiger partial charge in [-0.15, -0.1) is 0 Å². The van der Waals surface area contributed by atoms with E-state index in [0.717, 1.165) is 11.3 Å². The summed E-state index contributed by atoms with van der Waals surface area (Å²) in [6.07, 6.45) is 0. The van der Waals surface area contributed by atoms with Crippen molar-refractivity contribution in [2.75, 3.05) is 28.4 Å². The molecule has 2 N–H and O–H groups in total. The van der Waals surface area contributed by atoms with Crippen LogP contribution in [0.1, 0.15) is 16.7 Å². The number of nitrogens with zero attached hydrogens (tertiary/aromatic N) is 1. The molecule has 0 amide bonds. The minimum atomic E-state index is 0.539.